The van der Waals surface area contributed by atoms with E-state index in [9.17, 15) is 4.79 Å². The molecule has 1 rings (SSSR count). The number of nitriles is 1. The van der Waals surface area contributed by atoms with Crippen molar-refractivity contribution in [2.24, 2.45) is 0 Å². The molecular weight excluding hydrogens is 190 g/mol. The zero-order chi connectivity index (χ0) is 11.3. The Kier molecular flexibility index (Phi) is 3.81. The third-order valence-corrected chi connectivity index (χ3v) is 1.95. The van der Waals surface area contributed by atoms with Crippen molar-refractivity contribution in [2.45, 2.75) is 26.3 Å². The monoisotopic (exact) mass is 203 g/mol. The maximum atomic E-state index is 11.6. The van der Waals surface area contributed by atoms with E-state index in [1.54, 1.807) is 19.1 Å². The molecule has 15 heavy (non-hydrogen) atoms. The first-order valence-corrected chi connectivity index (χ1v) is 4.74. The van der Waals surface area contributed by atoms with Crippen molar-refractivity contribution in [1.29, 1.82) is 5.26 Å². The van der Waals surface area contributed by atoms with Gasteiger partial charge < -0.3 is 5.32 Å². The van der Waals surface area contributed by atoms with Gasteiger partial charge in [-0.2, -0.15) is 5.26 Å². The molecule has 1 heterocycles. The van der Waals surface area contributed by atoms with E-state index < -0.39 is 0 Å². The molecule has 0 spiro atoms. The molecule has 0 radical (unpaired) electrons. The number of rotatable bonds is 3. The molecule has 4 heteroatoms. The average Bonchev–Trinajstić information content (AvgIpc) is 2.18. The first-order valence-electron chi connectivity index (χ1n) is 4.74. The number of aromatic nitrogens is 1. The Hall–Kier alpha value is -1.89. The molecule has 1 aromatic rings. The topological polar surface area (TPSA) is 65.8 Å². The van der Waals surface area contributed by atoms with E-state index in [0.29, 0.717) is 12.0 Å². The van der Waals surface area contributed by atoms with Crippen molar-refractivity contribution in [3.05, 3.63) is 29.6 Å². The summed E-state index contributed by atoms with van der Waals surface area (Å²) in [5.74, 6) is -0.190. The van der Waals surface area contributed by atoms with Crippen LogP contribution in [0.1, 0.15) is 29.4 Å². The molecule has 4 nitrogen and oxygen atoms in total. The summed E-state index contributed by atoms with van der Waals surface area (Å²) in [6, 6.07) is 5.37. The van der Waals surface area contributed by atoms with Crippen LogP contribution in [0.3, 0.4) is 0 Å². The molecule has 0 aliphatic heterocycles. The maximum Gasteiger partial charge on any atom is 0.253 e. The minimum absolute atomic E-state index is 0.135. The Morgan fingerprint density at radius 2 is 2.40 bits per heavy atom. The van der Waals surface area contributed by atoms with Crippen molar-refractivity contribution < 1.29 is 4.79 Å². The Balaban J connectivity index is 2.62. The van der Waals surface area contributed by atoms with E-state index in [4.69, 9.17) is 5.26 Å². The van der Waals surface area contributed by atoms with Crippen LogP contribution in [0.25, 0.3) is 0 Å². The highest BCUT2D eigenvalue weighted by Crippen LogP contribution is 2.00. The molecule has 0 aliphatic rings. The first kappa shape index (κ1) is 11.2. The summed E-state index contributed by atoms with van der Waals surface area (Å²) >= 11 is 0. The zero-order valence-electron chi connectivity index (χ0n) is 8.82. The minimum Gasteiger partial charge on any atom is -0.349 e. The van der Waals surface area contributed by atoms with Crippen LogP contribution < -0.4 is 5.32 Å². The summed E-state index contributed by atoms with van der Waals surface area (Å²) in [7, 11) is 0. The number of hydrogen-bond acceptors (Lipinski definition) is 3. The minimum atomic E-state index is -0.190. The third-order valence-electron chi connectivity index (χ3n) is 1.95. The lowest BCUT2D eigenvalue weighted by atomic mass is 10.2. The van der Waals surface area contributed by atoms with Gasteiger partial charge in [-0.25, -0.2) is 0 Å². The normalized spacial score (nSPS) is 11.5. The summed E-state index contributed by atoms with van der Waals surface area (Å²) in [5, 5.41) is 11.2. The number of pyridine rings is 1. The summed E-state index contributed by atoms with van der Waals surface area (Å²) in [4.78, 5) is 15.6. The molecule has 78 valence electrons. The largest absolute Gasteiger partial charge is 0.349 e. The van der Waals surface area contributed by atoms with E-state index in [1.807, 2.05) is 13.0 Å². The standard InChI is InChI=1S/C11H13N3O/c1-8-3-4-10(7-13-8)11(15)14-9(2)5-6-12/h3-4,7,9H,5H2,1-2H3,(H,14,15). The fraction of sp³-hybridized carbons (Fsp3) is 0.364. The Labute approximate surface area is 88.9 Å². The predicted molar refractivity (Wildman–Crippen MR) is 56.1 cm³/mol. The second-order valence-corrected chi connectivity index (χ2v) is 3.43. The summed E-state index contributed by atoms with van der Waals surface area (Å²) in [6.07, 6.45) is 1.84. The van der Waals surface area contributed by atoms with Crippen molar-refractivity contribution in [3.63, 3.8) is 0 Å². The van der Waals surface area contributed by atoms with E-state index >= 15 is 0 Å². The molecule has 1 unspecified atom stereocenters. The van der Waals surface area contributed by atoms with Gasteiger partial charge in [-0.1, -0.05) is 0 Å². The number of amides is 1. The van der Waals surface area contributed by atoms with Gasteiger partial charge in [0, 0.05) is 17.9 Å². The fourth-order valence-electron chi connectivity index (χ4n) is 1.10. The number of nitrogens with zero attached hydrogens (tertiary/aromatic N) is 2. The third kappa shape index (κ3) is 3.39. The molecule has 0 aromatic carbocycles. The van der Waals surface area contributed by atoms with Gasteiger partial charge in [0.15, 0.2) is 0 Å². The Morgan fingerprint density at radius 3 is 2.93 bits per heavy atom. The summed E-state index contributed by atoms with van der Waals surface area (Å²) < 4.78 is 0. The van der Waals surface area contributed by atoms with Gasteiger partial charge in [0.25, 0.3) is 5.91 Å². The predicted octanol–water partition coefficient (Wildman–Crippen LogP) is 1.42. The lowest BCUT2D eigenvalue weighted by molar-refractivity contribution is 0.0940. The van der Waals surface area contributed by atoms with Crippen LogP contribution in [-0.4, -0.2) is 16.9 Å². The second-order valence-electron chi connectivity index (χ2n) is 3.43. The lowest BCUT2D eigenvalue weighted by Crippen LogP contribution is -2.32. The van der Waals surface area contributed by atoms with Gasteiger partial charge >= 0.3 is 0 Å². The van der Waals surface area contributed by atoms with Crippen LogP contribution in [0, 0.1) is 18.3 Å². The molecule has 0 saturated heterocycles. The summed E-state index contributed by atoms with van der Waals surface area (Å²) in [6.45, 7) is 3.66. The van der Waals surface area contributed by atoms with Crippen LogP contribution in [0.2, 0.25) is 0 Å². The smallest absolute Gasteiger partial charge is 0.253 e. The van der Waals surface area contributed by atoms with Gasteiger partial charge in [0.2, 0.25) is 0 Å². The van der Waals surface area contributed by atoms with Crippen molar-refractivity contribution >= 4 is 5.91 Å². The molecule has 1 N–H and O–H groups in total. The van der Waals surface area contributed by atoms with Gasteiger partial charge in [-0.3, -0.25) is 9.78 Å². The molecule has 0 aliphatic carbocycles. The molecular formula is C11H13N3O. The number of carbonyl (C=O) groups is 1. The fourth-order valence-corrected chi connectivity index (χ4v) is 1.10. The van der Waals surface area contributed by atoms with Crippen LogP contribution >= 0.6 is 0 Å². The SMILES string of the molecule is Cc1ccc(C(=O)NC(C)CC#N)cn1. The lowest BCUT2D eigenvalue weighted by Gasteiger charge is -2.09. The van der Waals surface area contributed by atoms with E-state index in [1.165, 1.54) is 6.20 Å². The van der Waals surface area contributed by atoms with Crippen molar-refractivity contribution in [2.75, 3.05) is 0 Å². The van der Waals surface area contributed by atoms with Crippen LogP contribution in [0.15, 0.2) is 18.3 Å². The average molecular weight is 203 g/mol. The Bertz CT molecular complexity index is 378. The zero-order valence-corrected chi connectivity index (χ0v) is 8.82. The number of aryl methyl sites for hydroxylation is 1. The number of nitrogens with one attached hydrogen (secondary N) is 1. The molecule has 1 atom stereocenters. The van der Waals surface area contributed by atoms with Crippen LogP contribution in [0.5, 0.6) is 0 Å². The van der Waals surface area contributed by atoms with Gasteiger partial charge in [0.1, 0.15) is 0 Å². The molecule has 0 fully saturated rings. The van der Waals surface area contributed by atoms with Gasteiger partial charge in [-0.15, -0.1) is 0 Å². The highest BCUT2D eigenvalue weighted by molar-refractivity contribution is 5.94. The number of carbonyl (C=O) groups excluding carboxylic acids is 1. The summed E-state index contributed by atoms with van der Waals surface area (Å²) in [5.41, 5.74) is 1.39. The van der Waals surface area contributed by atoms with E-state index in [2.05, 4.69) is 10.3 Å². The van der Waals surface area contributed by atoms with Crippen molar-refractivity contribution in [3.8, 4) is 6.07 Å². The van der Waals surface area contributed by atoms with Gasteiger partial charge in [-0.05, 0) is 26.0 Å². The molecule has 0 saturated carbocycles. The number of hydrogen-bond donors (Lipinski definition) is 1. The molecule has 0 bridgehead atoms. The highest BCUT2D eigenvalue weighted by Gasteiger charge is 2.08. The molecule has 1 amide bonds. The Morgan fingerprint density at radius 1 is 1.67 bits per heavy atom. The van der Waals surface area contributed by atoms with Crippen molar-refractivity contribution in [1.82, 2.24) is 10.3 Å². The van der Waals surface area contributed by atoms with E-state index in [0.717, 1.165) is 5.69 Å². The second kappa shape index (κ2) is 5.11. The highest BCUT2D eigenvalue weighted by atomic mass is 16.1. The molecule has 1 aromatic heterocycles. The van der Waals surface area contributed by atoms with E-state index in [-0.39, 0.29) is 11.9 Å². The quantitative estimate of drug-likeness (QED) is 0.808. The van der Waals surface area contributed by atoms with Gasteiger partial charge in [0.05, 0.1) is 18.1 Å². The maximum absolute atomic E-state index is 11.6. The first-order chi connectivity index (χ1) is 7.13. The van der Waals surface area contributed by atoms with Crippen LogP contribution in [0.4, 0.5) is 0 Å². The van der Waals surface area contributed by atoms with Crippen LogP contribution in [-0.2, 0) is 0 Å².